The summed E-state index contributed by atoms with van der Waals surface area (Å²) in [5.41, 5.74) is 1.22. The average Bonchev–Trinajstić information content (AvgIpc) is 2.72. The lowest BCUT2D eigenvalue weighted by molar-refractivity contribution is 0.0875. The van der Waals surface area contributed by atoms with E-state index in [0.29, 0.717) is 29.7 Å². The summed E-state index contributed by atoms with van der Waals surface area (Å²) in [6.45, 7) is 7.62. The molecule has 1 unspecified atom stereocenters. The fourth-order valence-corrected chi connectivity index (χ4v) is 4.33. The molecular formula is C24H32ClN3O4. The fourth-order valence-electron chi connectivity index (χ4n) is 4.09. The molecule has 1 aliphatic rings. The van der Waals surface area contributed by atoms with E-state index in [9.17, 15) is 9.90 Å². The van der Waals surface area contributed by atoms with Crippen molar-refractivity contribution in [1.29, 1.82) is 0 Å². The Hall–Kier alpha value is -2.51. The Morgan fingerprint density at radius 1 is 1.34 bits per heavy atom. The number of rotatable bonds is 9. The molecule has 1 aromatic carbocycles. The van der Waals surface area contributed by atoms with Crippen LogP contribution in [0.3, 0.4) is 0 Å². The summed E-state index contributed by atoms with van der Waals surface area (Å²) in [6, 6.07) is 9.81. The van der Waals surface area contributed by atoms with Crippen molar-refractivity contribution < 1.29 is 19.4 Å². The summed E-state index contributed by atoms with van der Waals surface area (Å²) < 4.78 is 11.5. The van der Waals surface area contributed by atoms with E-state index in [0.717, 1.165) is 36.4 Å². The number of carbonyl (C=O) groups is 1. The van der Waals surface area contributed by atoms with Crippen LogP contribution in [0.25, 0.3) is 11.1 Å². The van der Waals surface area contributed by atoms with E-state index >= 15 is 0 Å². The molecule has 3 rings (SSSR count). The zero-order valence-corrected chi connectivity index (χ0v) is 19.6. The van der Waals surface area contributed by atoms with Gasteiger partial charge in [0.1, 0.15) is 18.2 Å². The maximum Gasteiger partial charge on any atom is 0.405 e. The Bertz CT molecular complexity index is 918. The smallest absolute Gasteiger partial charge is 0.405 e. The van der Waals surface area contributed by atoms with E-state index in [2.05, 4.69) is 15.6 Å². The van der Waals surface area contributed by atoms with Gasteiger partial charge in [-0.25, -0.2) is 9.78 Å². The van der Waals surface area contributed by atoms with Gasteiger partial charge < -0.3 is 25.2 Å². The molecule has 1 saturated heterocycles. The molecule has 174 valence electrons. The van der Waals surface area contributed by atoms with Crippen molar-refractivity contribution in [3.8, 4) is 16.9 Å². The van der Waals surface area contributed by atoms with Gasteiger partial charge in [-0.1, -0.05) is 31.5 Å². The molecule has 0 spiro atoms. The minimum atomic E-state index is -1.07. The second-order valence-electron chi connectivity index (χ2n) is 9.01. The van der Waals surface area contributed by atoms with E-state index in [1.165, 1.54) is 0 Å². The van der Waals surface area contributed by atoms with E-state index in [-0.39, 0.29) is 12.6 Å². The number of halogens is 1. The maximum atomic E-state index is 11.2. The van der Waals surface area contributed by atoms with Crippen molar-refractivity contribution in [2.45, 2.75) is 51.6 Å². The van der Waals surface area contributed by atoms with Crippen LogP contribution >= 0.6 is 11.6 Å². The zero-order chi connectivity index (χ0) is 23.1. The monoisotopic (exact) mass is 461 g/mol. The molecule has 7 nitrogen and oxygen atoms in total. The van der Waals surface area contributed by atoms with Crippen molar-refractivity contribution in [3.63, 3.8) is 0 Å². The minimum absolute atomic E-state index is 0.184. The van der Waals surface area contributed by atoms with Gasteiger partial charge >= 0.3 is 6.09 Å². The van der Waals surface area contributed by atoms with Crippen LogP contribution in [-0.2, 0) is 4.74 Å². The summed E-state index contributed by atoms with van der Waals surface area (Å²) in [6.07, 6.45) is 3.46. The van der Waals surface area contributed by atoms with Gasteiger partial charge in [-0.2, -0.15) is 0 Å². The number of hydrogen-bond donors (Lipinski definition) is 3. The average molecular weight is 462 g/mol. The highest BCUT2D eigenvalue weighted by molar-refractivity contribution is 6.32. The Kier molecular flexibility index (Phi) is 8.21. The highest BCUT2D eigenvalue weighted by Crippen LogP contribution is 2.32. The minimum Gasteiger partial charge on any atom is -0.490 e. The van der Waals surface area contributed by atoms with Crippen LogP contribution in [0.1, 0.15) is 40.0 Å². The second kappa shape index (κ2) is 10.9. The highest BCUT2D eigenvalue weighted by atomic mass is 35.5. The van der Waals surface area contributed by atoms with Crippen LogP contribution in [-0.4, -0.2) is 47.6 Å². The molecule has 1 amide bonds. The third-order valence-electron chi connectivity index (χ3n) is 5.35. The molecule has 8 heteroatoms. The van der Waals surface area contributed by atoms with Crippen LogP contribution in [0.5, 0.6) is 5.75 Å². The molecule has 1 aliphatic heterocycles. The Morgan fingerprint density at radius 3 is 2.78 bits per heavy atom. The lowest BCUT2D eigenvalue weighted by atomic mass is 9.91. The van der Waals surface area contributed by atoms with Crippen molar-refractivity contribution >= 4 is 23.5 Å². The first-order valence-corrected chi connectivity index (χ1v) is 11.4. The van der Waals surface area contributed by atoms with Crippen LogP contribution in [0, 0.1) is 5.92 Å². The predicted molar refractivity (Wildman–Crippen MR) is 127 cm³/mol. The van der Waals surface area contributed by atoms with Gasteiger partial charge in [0.2, 0.25) is 0 Å². The maximum absolute atomic E-state index is 11.2. The van der Waals surface area contributed by atoms with Crippen molar-refractivity contribution in [2.24, 2.45) is 5.92 Å². The van der Waals surface area contributed by atoms with Crippen LogP contribution in [0.4, 0.5) is 10.6 Å². The highest BCUT2D eigenvalue weighted by Gasteiger charge is 2.29. The lowest BCUT2D eigenvalue weighted by Gasteiger charge is -2.31. The number of nitrogens with one attached hydrogen (secondary N) is 2. The van der Waals surface area contributed by atoms with Gasteiger partial charge in [0.25, 0.3) is 0 Å². The largest absolute Gasteiger partial charge is 0.490 e. The molecular weight excluding hydrogens is 430 g/mol. The standard InChI is InChI=1S/C24H32ClN3O4/c1-16(2)13-24(3,28-23(29)30)15-32-21-7-6-17(11-20(21)25)18-8-9-26-22(12-18)27-19-5-4-10-31-14-19/h6-9,11-12,16,19,28H,4-5,10,13-15H2,1-3H3,(H,26,27)(H,29,30)/t19?,24-/m0/s1. The summed E-state index contributed by atoms with van der Waals surface area (Å²) in [7, 11) is 0. The third kappa shape index (κ3) is 7.00. The Labute approximate surface area is 194 Å². The molecule has 0 aliphatic carbocycles. The number of hydrogen-bond acceptors (Lipinski definition) is 5. The third-order valence-corrected chi connectivity index (χ3v) is 5.65. The van der Waals surface area contributed by atoms with Gasteiger partial charge in [-0.3, -0.25) is 0 Å². The summed E-state index contributed by atoms with van der Waals surface area (Å²) in [5, 5.41) is 15.7. The predicted octanol–water partition coefficient (Wildman–Crippen LogP) is 5.44. The number of amides is 1. The molecule has 3 N–H and O–H groups in total. The second-order valence-corrected chi connectivity index (χ2v) is 9.42. The molecule has 2 aromatic rings. The summed E-state index contributed by atoms with van der Waals surface area (Å²) in [5.74, 6) is 1.63. The van der Waals surface area contributed by atoms with E-state index < -0.39 is 11.6 Å². The number of ether oxygens (including phenoxy) is 2. The first-order valence-electron chi connectivity index (χ1n) is 11.0. The zero-order valence-electron chi connectivity index (χ0n) is 18.9. The molecule has 2 atom stereocenters. The number of anilines is 1. The van der Waals surface area contributed by atoms with E-state index in [1.54, 1.807) is 6.20 Å². The fraction of sp³-hybridized carbons (Fsp3) is 0.500. The normalized spacial score (nSPS) is 18.1. The number of carboxylic acid groups (broad SMARTS) is 1. The molecule has 1 aromatic heterocycles. The quantitative estimate of drug-likeness (QED) is 0.460. The molecule has 2 heterocycles. The van der Waals surface area contributed by atoms with Gasteiger partial charge in [0, 0.05) is 12.8 Å². The number of benzene rings is 1. The Morgan fingerprint density at radius 2 is 2.12 bits per heavy atom. The SMILES string of the molecule is CC(C)C[C@@](C)(COc1ccc(-c2ccnc(NC3CCCOC3)c2)cc1Cl)NC(=O)O. The first kappa shape index (κ1) is 24.1. The van der Waals surface area contributed by atoms with Gasteiger partial charge in [-0.05, 0) is 67.5 Å². The van der Waals surface area contributed by atoms with Crippen molar-refractivity contribution in [1.82, 2.24) is 10.3 Å². The van der Waals surface area contributed by atoms with E-state index in [4.69, 9.17) is 21.1 Å². The number of nitrogens with zero attached hydrogens (tertiary/aromatic N) is 1. The van der Waals surface area contributed by atoms with Gasteiger partial charge in [-0.15, -0.1) is 0 Å². The molecule has 1 fully saturated rings. The summed E-state index contributed by atoms with van der Waals surface area (Å²) >= 11 is 6.51. The van der Waals surface area contributed by atoms with Gasteiger partial charge in [0.15, 0.2) is 0 Å². The number of aromatic nitrogens is 1. The molecule has 0 saturated carbocycles. The Balaban J connectivity index is 1.69. The van der Waals surface area contributed by atoms with Crippen molar-refractivity contribution in [2.75, 3.05) is 25.1 Å². The molecule has 32 heavy (non-hydrogen) atoms. The summed E-state index contributed by atoms with van der Waals surface area (Å²) in [4.78, 5) is 15.6. The number of pyridine rings is 1. The van der Waals surface area contributed by atoms with Crippen LogP contribution in [0.15, 0.2) is 36.5 Å². The topological polar surface area (TPSA) is 92.7 Å². The van der Waals surface area contributed by atoms with Gasteiger partial charge in [0.05, 0.1) is 23.2 Å². The first-order chi connectivity index (χ1) is 15.2. The molecule has 0 radical (unpaired) electrons. The molecule has 0 bridgehead atoms. The van der Waals surface area contributed by atoms with Crippen LogP contribution < -0.4 is 15.4 Å². The lowest BCUT2D eigenvalue weighted by Crippen LogP contribution is -2.50. The van der Waals surface area contributed by atoms with Crippen molar-refractivity contribution in [3.05, 3.63) is 41.6 Å². The van der Waals surface area contributed by atoms with E-state index in [1.807, 2.05) is 51.1 Å². The van der Waals surface area contributed by atoms with Crippen LogP contribution in [0.2, 0.25) is 5.02 Å².